The molecule has 5 nitrogen and oxygen atoms in total. The molecule has 0 aromatic heterocycles. The molecule has 2 atom stereocenters. The number of ether oxygens (including phenoxy) is 1. The second-order valence-electron chi connectivity index (χ2n) is 6.64. The molecular weight excluding hydrogens is 266 g/mol. The molecule has 2 saturated heterocycles. The first-order valence-electron chi connectivity index (χ1n) is 8.48. The van der Waals surface area contributed by atoms with Gasteiger partial charge in [0.05, 0.1) is 25.4 Å². The maximum Gasteiger partial charge on any atom is 0.241 e. The lowest BCUT2D eigenvalue weighted by molar-refractivity contribution is -0.130. The Morgan fingerprint density at radius 3 is 2.62 bits per heavy atom. The highest BCUT2D eigenvalue weighted by atomic mass is 16.5. The van der Waals surface area contributed by atoms with Crippen LogP contribution in [0.25, 0.3) is 0 Å². The van der Waals surface area contributed by atoms with Gasteiger partial charge in [-0.25, -0.2) is 0 Å². The van der Waals surface area contributed by atoms with Crippen LogP contribution in [0.1, 0.15) is 40.0 Å². The highest BCUT2D eigenvalue weighted by Gasteiger charge is 2.38. The summed E-state index contributed by atoms with van der Waals surface area (Å²) in [5.41, 5.74) is 0. The summed E-state index contributed by atoms with van der Waals surface area (Å²) in [6, 6.07) is 0.0197. The Labute approximate surface area is 129 Å². The van der Waals surface area contributed by atoms with Gasteiger partial charge in [0.1, 0.15) is 0 Å². The average molecular weight is 297 g/mol. The molecule has 2 aliphatic heterocycles. The molecule has 2 heterocycles. The Hall–Kier alpha value is -0.650. The summed E-state index contributed by atoms with van der Waals surface area (Å²) in [5, 5.41) is 3.54. The summed E-state index contributed by atoms with van der Waals surface area (Å²) in [5.74, 6) is 0.850. The van der Waals surface area contributed by atoms with Crippen molar-refractivity contribution in [1.29, 1.82) is 0 Å². The number of nitrogens with zero attached hydrogens (tertiary/aromatic N) is 2. The van der Waals surface area contributed by atoms with Crippen molar-refractivity contribution in [1.82, 2.24) is 15.1 Å². The zero-order valence-corrected chi connectivity index (χ0v) is 13.8. The number of carbonyl (C=O) groups is 1. The molecule has 0 aromatic rings. The van der Waals surface area contributed by atoms with Crippen LogP contribution >= 0.6 is 0 Å². The fourth-order valence-electron chi connectivity index (χ4n) is 3.24. The number of carbonyl (C=O) groups excluding carboxylic acids is 1. The van der Waals surface area contributed by atoms with Crippen molar-refractivity contribution in [3.63, 3.8) is 0 Å². The third-order valence-electron chi connectivity index (χ3n) is 4.38. The van der Waals surface area contributed by atoms with E-state index in [-0.39, 0.29) is 12.2 Å². The van der Waals surface area contributed by atoms with E-state index in [9.17, 15) is 4.79 Å². The van der Waals surface area contributed by atoms with Gasteiger partial charge in [0.25, 0.3) is 0 Å². The number of amides is 1. The Balaban J connectivity index is 1.88. The van der Waals surface area contributed by atoms with Crippen LogP contribution in [0.4, 0.5) is 0 Å². The van der Waals surface area contributed by atoms with Crippen molar-refractivity contribution in [3.8, 4) is 0 Å². The van der Waals surface area contributed by atoms with Gasteiger partial charge in [0.2, 0.25) is 5.91 Å². The molecule has 0 aliphatic carbocycles. The SMILES string of the molecule is CCCC1NC(CC(C)C)C(=O)N1CCN1CCOCC1. The van der Waals surface area contributed by atoms with Crippen LogP contribution in [0, 0.1) is 5.92 Å². The topological polar surface area (TPSA) is 44.8 Å². The first-order valence-corrected chi connectivity index (χ1v) is 8.48. The van der Waals surface area contributed by atoms with E-state index in [1.54, 1.807) is 0 Å². The Morgan fingerprint density at radius 1 is 1.29 bits per heavy atom. The normalized spacial score (nSPS) is 27.8. The second-order valence-corrected chi connectivity index (χ2v) is 6.64. The first kappa shape index (κ1) is 16.7. The van der Waals surface area contributed by atoms with Gasteiger partial charge in [0.15, 0.2) is 0 Å². The lowest BCUT2D eigenvalue weighted by Crippen LogP contribution is -2.45. The maximum atomic E-state index is 12.6. The molecule has 21 heavy (non-hydrogen) atoms. The molecule has 1 N–H and O–H groups in total. The van der Waals surface area contributed by atoms with Crippen molar-refractivity contribution >= 4 is 5.91 Å². The smallest absolute Gasteiger partial charge is 0.241 e. The van der Waals surface area contributed by atoms with Gasteiger partial charge in [-0.3, -0.25) is 15.0 Å². The molecule has 0 spiro atoms. The maximum absolute atomic E-state index is 12.6. The summed E-state index contributed by atoms with van der Waals surface area (Å²) in [4.78, 5) is 17.1. The molecule has 2 aliphatic rings. The van der Waals surface area contributed by atoms with Crippen LogP contribution in [0.2, 0.25) is 0 Å². The third-order valence-corrected chi connectivity index (χ3v) is 4.38. The molecule has 1 amide bonds. The molecule has 0 radical (unpaired) electrons. The Bertz CT molecular complexity index is 329. The summed E-state index contributed by atoms with van der Waals surface area (Å²) in [7, 11) is 0. The summed E-state index contributed by atoms with van der Waals surface area (Å²) >= 11 is 0. The molecule has 0 bridgehead atoms. The Morgan fingerprint density at radius 2 is 2.00 bits per heavy atom. The molecule has 0 aromatic carbocycles. The molecule has 2 fully saturated rings. The van der Waals surface area contributed by atoms with Crippen LogP contribution in [0.3, 0.4) is 0 Å². The average Bonchev–Trinajstić information content (AvgIpc) is 2.74. The van der Waals surface area contributed by atoms with Gasteiger partial charge in [0, 0.05) is 26.2 Å². The lowest BCUT2D eigenvalue weighted by Gasteiger charge is -2.30. The van der Waals surface area contributed by atoms with Crippen molar-refractivity contribution in [2.24, 2.45) is 5.92 Å². The quantitative estimate of drug-likeness (QED) is 0.769. The van der Waals surface area contributed by atoms with Crippen LogP contribution < -0.4 is 5.32 Å². The predicted octanol–water partition coefficient (Wildman–Crippen LogP) is 1.29. The number of hydrogen-bond donors (Lipinski definition) is 1. The van der Waals surface area contributed by atoms with Gasteiger partial charge in [-0.2, -0.15) is 0 Å². The molecule has 0 saturated carbocycles. The van der Waals surface area contributed by atoms with E-state index in [4.69, 9.17) is 4.74 Å². The van der Waals surface area contributed by atoms with E-state index in [0.29, 0.717) is 11.8 Å². The van der Waals surface area contributed by atoms with Gasteiger partial charge in [-0.1, -0.05) is 27.2 Å². The number of nitrogens with one attached hydrogen (secondary N) is 1. The lowest BCUT2D eigenvalue weighted by atomic mass is 10.0. The van der Waals surface area contributed by atoms with E-state index < -0.39 is 0 Å². The van der Waals surface area contributed by atoms with Crippen LogP contribution in [-0.4, -0.2) is 67.3 Å². The second kappa shape index (κ2) is 8.11. The zero-order chi connectivity index (χ0) is 15.2. The minimum absolute atomic E-state index is 0.0197. The number of morpholine rings is 1. The fourth-order valence-corrected chi connectivity index (χ4v) is 3.24. The van der Waals surface area contributed by atoms with E-state index in [1.807, 2.05) is 0 Å². The highest BCUT2D eigenvalue weighted by Crippen LogP contribution is 2.19. The number of hydrogen-bond acceptors (Lipinski definition) is 4. The molecule has 2 unspecified atom stereocenters. The van der Waals surface area contributed by atoms with Gasteiger partial charge in [-0.15, -0.1) is 0 Å². The zero-order valence-electron chi connectivity index (χ0n) is 13.8. The van der Waals surface area contributed by atoms with Crippen molar-refractivity contribution < 1.29 is 9.53 Å². The minimum Gasteiger partial charge on any atom is -0.379 e. The van der Waals surface area contributed by atoms with Crippen molar-refractivity contribution in [3.05, 3.63) is 0 Å². The number of rotatable bonds is 7. The molecule has 122 valence electrons. The van der Waals surface area contributed by atoms with Crippen molar-refractivity contribution in [2.45, 2.75) is 52.2 Å². The summed E-state index contributed by atoms with van der Waals surface area (Å²) in [6.45, 7) is 12.0. The van der Waals surface area contributed by atoms with E-state index in [0.717, 1.165) is 58.7 Å². The predicted molar refractivity (Wildman–Crippen MR) is 84.0 cm³/mol. The molecule has 5 heteroatoms. The fraction of sp³-hybridized carbons (Fsp3) is 0.938. The molecular formula is C16H31N3O2. The standard InChI is InChI=1S/C16H31N3O2/c1-4-5-15-17-14(12-13(2)3)16(20)19(15)7-6-18-8-10-21-11-9-18/h13-15,17H,4-12H2,1-3H3. The van der Waals surface area contributed by atoms with E-state index in [1.165, 1.54) is 0 Å². The monoisotopic (exact) mass is 297 g/mol. The Kier molecular flexibility index (Phi) is 6.45. The summed E-state index contributed by atoms with van der Waals surface area (Å²) in [6.07, 6.45) is 3.32. The van der Waals surface area contributed by atoms with Crippen molar-refractivity contribution in [2.75, 3.05) is 39.4 Å². The third kappa shape index (κ3) is 4.66. The minimum atomic E-state index is 0.0197. The summed E-state index contributed by atoms with van der Waals surface area (Å²) < 4.78 is 5.38. The van der Waals surface area contributed by atoms with E-state index in [2.05, 4.69) is 35.9 Å². The van der Waals surface area contributed by atoms with Gasteiger partial charge in [-0.05, 0) is 18.8 Å². The van der Waals surface area contributed by atoms with Crippen LogP contribution in [0.15, 0.2) is 0 Å². The van der Waals surface area contributed by atoms with Crippen LogP contribution in [-0.2, 0) is 9.53 Å². The van der Waals surface area contributed by atoms with Crippen LogP contribution in [0.5, 0.6) is 0 Å². The van der Waals surface area contributed by atoms with Gasteiger partial charge >= 0.3 is 0 Å². The molecule has 2 rings (SSSR count). The largest absolute Gasteiger partial charge is 0.379 e. The highest BCUT2D eigenvalue weighted by molar-refractivity contribution is 5.84. The van der Waals surface area contributed by atoms with Gasteiger partial charge < -0.3 is 9.64 Å². The first-order chi connectivity index (χ1) is 10.1. The van der Waals surface area contributed by atoms with E-state index >= 15 is 0 Å².